The van der Waals surface area contributed by atoms with Gasteiger partial charge in [0, 0.05) is 12.6 Å². The lowest BCUT2D eigenvalue weighted by Gasteiger charge is -2.22. The van der Waals surface area contributed by atoms with E-state index in [1.807, 2.05) is 25.1 Å². The van der Waals surface area contributed by atoms with E-state index in [9.17, 15) is 5.11 Å². The average Bonchev–Trinajstić information content (AvgIpc) is 2.43. The van der Waals surface area contributed by atoms with Gasteiger partial charge in [-0.25, -0.2) is 0 Å². The lowest BCUT2D eigenvalue weighted by Crippen LogP contribution is -2.31. The zero-order chi connectivity index (χ0) is 15.2. The molecular weight excluding hydrogens is 254 g/mol. The average molecular weight is 281 g/mol. The van der Waals surface area contributed by atoms with Gasteiger partial charge in [-0.2, -0.15) is 0 Å². The van der Waals surface area contributed by atoms with E-state index in [1.165, 1.54) is 0 Å². The topological polar surface area (TPSA) is 50.7 Å². The molecule has 0 saturated heterocycles. The molecule has 0 bridgehead atoms. The third-order valence-electron chi connectivity index (χ3n) is 3.24. The Morgan fingerprint density at radius 3 is 2.55 bits per heavy atom. The molecule has 0 heterocycles. The third kappa shape index (κ3) is 5.39. The first-order valence-electron chi connectivity index (χ1n) is 7.13. The number of methoxy groups -OCH3 is 1. The minimum absolute atomic E-state index is 0.253. The van der Waals surface area contributed by atoms with Gasteiger partial charge in [-0.3, -0.25) is 0 Å². The zero-order valence-electron chi connectivity index (χ0n) is 13.2. The van der Waals surface area contributed by atoms with Gasteiger partial charge in [0.05, 0.1) is 12.7 Å². The Bertz CT molecular complexity index is 416. The van der Waals surface area contributed by atoms with Crippen molar-refractivity contribution in [3.63, 3.8) is 0 Å². The standard InChI is InChI=1S/C16H27NO3/c1-6-16(4,18)11-20-14-8-7-13(9-15(14)19-5)10-17-12(2)3/h7-9,12,17-18H,6,10-11H2,1-5H3. The molecule has 0 aliphatic heterocycles. The zero-order valence-corrected chi connectivity index (χ0v) is 13.2. The normalized spacial score (nSPS) is 14.2. The van der Waals surface area contributed by atoms with Crippen LogP contribution in [0, 0.1) is 0 Å². The molecular formula is C16H27NO3. The quantitative estimate of drug-likeness (QED) is 0.769. The Hall–Kier alpha value is -1.26. The first-order valence-corrected chi connectivity index (χ1v) is 7.13. The minimum atomic E-state index is -0.817. The summed E-state index contributed by atoms with van der Waals surface area (Å²) in [5.41, 5.74) is 0.327. The van der Waals surface area contributed by atoms with E-state index in [4.69, 9.17) is 9.47 Å². The molecule has 2 N–H and O–H groups in total. The van der Waals surface area contributed by atoms with Crippen LogP contribution in [0.5, 0.6) is 11.5 Å². The Kier molecular flexibility index (Phi) is 6.30. The van der Waals surface area contributed by atoms with Crippen LogP contribution < -0.4 is 14.8 Å². The van der Waals surface area contributed by atoms with Crippen molar-refractivity contribution >= 4 is 0 Å². The van der Waals surface area contributed by atoms with Crippen LogP contribution in [0.1, 0.15) is 39.7 Å². The summed E-state index contributed by atoms with van der Waals surface area (Å²) < 4.78 is 11.0. The van der Waals surface area contributed by atoms with E-state index >= 15 is 0 Å². The summed E-state index contributed by atoms with van der Waals surface area (Å²) in [6.45, 7) is 8.97. The van der Waals surface area contributed by atoms with E-state index in [-0.39, 0.29) is 6.61 Å². The maximum Gasteiger partial charge on any atom is 0.161 e. The molecule has 0 saturated carbocycles. The van der Waals surface area contributed by atoms with Gasteiger partial charge >= 0.3 is 0 Å². The van der Waals surface area contributed by atoms with Gasteiger partial charge in [0.15, 0.2) is 11.5 Å². The van der Waals surface area contributed by atoms with Crippen molar-refractivity contribution in [1.29, 1.82) is 0 Å². The summed E-state index contributed by atoms with van der Waals surface area (Å²) in [5, 5.41) is 13.3. The van der Waals surface area contributed by atoms with Crippen LogP contribution in [0.25, 0.3) is 0 Å². The van der Waals surface area contributed by atoms with Crippen molar-refractivity contribution in [3.8, 4) is 11.5 Å². The molecule has 1 atom stereocenters. The summed E-state index contributed by atoms with van der Waals surface area (Å²) in [4.78, 5) is 0. The maximum absolute atomic E-state index is 9.97. The van der Waals surface area contributed by atoms with Crippen LogP contribution in [0.15, 0.2) is 18.2 Å². The van der Waals surface area contributed by atoms with Crippen molar-refractivity contribution in [2.24, 2.45) is 0 Å². The van der Waals surface area contributed by atoms with Crippen LogP contribution in [0.4, 0.5) is 0 Å². The molecule has 1 unspecified atom stereocenters. The van der Waals surface area contributed by atoms with E-state index in [2.05, 4.69) is 19.2 Å². The lowest BCUT2D eigenvalue weighted by atomic mass is 10.1. The largest absolute Gasteiger partial charge is 0.493 e. The number of benzene rings is 1. The monoisotopic (exact) mass is 281 g/mol. The summed E-state index contributed by atoms with van der Waals surface area (Å²) in [6, 6.07) is 6.30. The molecule has 114 valence electrons. The summed E-state index contributed by atoms with van der Waals surface area (Å²) in [6.07, 6.45) is 0.645. The van der Waals surface area contributed by atoms with Gasteiger partial charge < -0.3 is 19.9 Å². The fourth-order valence-electron chi connectivity index (χ4n) is 1.60. The fraction of sp³-hybridized carbons (Fsp3) is 0.625. The van der Waals surface area contributed by atoms with Crippen molar-refractivity contribution in [2.45, 2.75) is 52.3 Å². The number of hydrogen-bond acceptors (Lipinski definition) is 4. The lowest BCUT2D eigenvalue weighted by molar-refractivity contribution is 0.00775. The molecule has 0 aliphatic rings. The second kappa shape index (κ2) is 7.50. The van der Waals surface area contributed by atoms with Crippen LogP contribution in [-0.2, 0) is 6.54 Å². The van der Waals surface area contributed by atoms with Crippen molar-refractivity contribution in [1.82, 2.24) is 5.32 Å². The highest BCUT2D eigenvalue weighted by Gasteiger charge is 2.19. The first kappa shape index (κ1) is 16.8. The van der Waals surface area contributed by atoms with Gasteiger partial charge in [-0.1, -0.05) is 26.8 Å². The highest BCUT2D eigenvalue weighted by molar-refractivity contribution is 5.43. The molecule has 20 heavy (non-hydrogen) atoms. The smallest absolute Gasteiger partial charge is 0.161 e. The minimum Gasteiger partial charge on any atom is -0.493 e. The SMILES string of the molecule is CCC(C)(O)COc1ccc(CNC(C)C)cc1OC. The molecule has 0 aliphatic carbocycles. The third-order valence-corrected chi connectivity index (χ3v) is 3.24. The van der Waals surface area contributed by atoms with E-state index in [1.54, 1.807) is 14.0 Å². The first-order chi connectivity index (χ1) is 9.38. The predicted molar refractivity (Wildman–Crippen MR) is 81.4 cm³/mol. The fourth-order valence-corrected chi connectivity index (χ4v) is 1.60. The molecule has 4 nitrogen and oxygen atoms in total. The predicted octanol–water partition coefficient (Wildman–Crippen LogP) is 2.73. The highest BCUT2D eigenvalue weighted by Crippen LogP contribution is 2.29. The molecule has 0 radical (unpaired) electrons. The summed E-state index contributed by atoms with van der Waals surface area (Å²) in [7, 11) is 1.62. The van der Waals surface area contributed by atoms with Crippen molar-refractivity contribution in [3.05, 3.63) is 23.8 Å². The van der Waals surface area contributed by atoms with Crippen molar-refractivity contribution < 1.29 is 14.6 Å². The van der Waals surface area contributed by atoms with E-state index in [0.29, 0.717) is 24.0 Å². The molecule has 4 heteroatoms. The van der Waals surface area contributed by atoms with Gasteiger partial charge in [-0.05, 0) is 31.0 Å². The van der Waals surface area contributed by atoms with E-state index in [0.717, 1.165) is 12.1 Å². The number of nitrogens with one attached hydrogen (secondary N) is 1. The van der Waals surface area contributed by atoms with Crippen LogP contribution in [0.2, 0.25) is 0 Å². The molecule has 1 rings (SSSR count). The number of rotatable bonds is 8. The Morgan fingerprint density at radius 2 is 2.00 bits per heavy atom. The molecule has 1 aromatic carbocycles. The molecule has 1 aromatic rings. The molecule has 0 spiro atoms. The highest BCUT2D eigenvalue weighted by atomic mass is 16.5. The Morgan fingerprint density at radius 1 is 1.30 bits per heavy atom. The van der Waals surface area contributed by atoms with Crippen LogP contribution in [0.3, 0.4) is 0 Å². The van der Waals surface area contributed by atoms with Crippen LogP contribution >= 0.6 is 0 Å². The summed E-state index contributed by atoms with van der Waals surface area (Å²) >= 11 is 0. The van der Waals surface area contributed by atoms with Gasteiger partial charge in [-0.15, -0.1) is 0 Å². The van der Waals surface area contributed by atoms with Crippen molar-refractivity contribution in [2.75, 3.05) is 13.7 Å². The van der Waals surface area contributed by atoms with Gasteiger partial charge in [0.2, 0.25) is 0 Å². The number of aliphatic hydroxyl groups is 1. The second-order valence-electron chi connectivity index (χ2n) is 5.66. The Labute approximate surface area is 122 Å². The van der Waals surface area contributed by atoms with Crippen LogP contribution in [-0.4, -0.2) is 30.5 Å². The van der Waals surface area contributed by atoms with Gasteiger partial charge in [0.25, 0.3) is 0 Å². The number of hydrogen-bond donors (Lipinski definition) is 2. The van der Waals surface area contributed by atoms with E-state index < -0.39 is 5.60 Å². The molecule has 0 fully saturated rings. The second-order valence-corrected chi connectivity index (χ2v) is 5.66. The Balaban J connectivity index is 2.72. The summed E-state index contributed by atoms with van der Waals surface area (Å²) in [5.74, 6) is 1.36. The molecule has 0 aromatic heterocycles. The number of ether oxygens (including phenoxy) is 2. The molecule has 0 amide bonds. The van der Waals surface area contributed by atoms with Gasteiger partial charge in [0.1, 0.15) is 6.61 Å². The maximum atomic E-state index is 9.97.